The second-order valence-corrected chi connectivity index (χ2v) is 6.47. The molecule has 0 fully saturated rings. The first kappa shape index (κ1) is 15.5. The number of benzene rings is 2. The van der Waals surface area contributed by atoms with Gasteiger partial charge in [-0.15, -0.1) is 0 Å². The summed E-state index contributed by atoms with van der Waals surface area (Å²) >= 11 is 0. The van der Waals surface area contributed by atoms with Crippen molar-refractivity contribution in [3.05, 3.63) is 58.1 Å². The van der Waals surface area contributed by atoms with E-state index in [0.717, 1.165) is 24.0 Å². The van der Waals surface area contributed by atoms with Gasteiger partial charge in [0.05, 0.1) is 4.92 Å². The van der Waals surface area contributed by atoms with Gasteiger partial charge in [-0.3, -0.25) is 10.1 Å². The molecule has 2 aromatic carbocycles. The molecule has 0 aliphatic carbocycles. The quantitative estimate of drug-likeness (QED) is 0.611. The van der Waals surface area contributed by atoms with Gasteiger partial charge in [-0.25, -0.2) is 0 Å². The summed E-state index contributed by atoms with van der Waals surface area (Å²) in [6, 6.07) is 13.2. The Kier molecular flexibility index (Phi) is 3.84. The van der Waals surface area contributed by atoms with Crippen LogP contribution in [-0.4, -0.2) is 10.5 Å². The number of fused-ring (bicyclic) bond motifs is 1. The summed E-state index contributed by atoms with van der Waals surface area (Å²) in [5.74, 6) is 0.459. The van der Waals surface area contributed by atoms with Crippen LogP contribution < -0.4 is 5.32 Å². The fourth-order valence-corrected chi connectivity index (χ4v) is 3.69. The zero-order chi connectivity index (χ0) is 16.6. The SMILES string of the molecule is CCC1c2cc(-c3cccc([N+](=O)[O-])c3)ccc2NC1(C)CC. The molecule has 1 N–H and O–H groups in total. The number of nitrogens with one attached hydrogen (secondary N) is 1. The van der Waals surface area contributed by atoms with Gasteiger partial charge in [0.2, 0.25) is 0 Å². The van der Waals surface area contributed by atoms with E-state index in [9.17, 15) is 10.1 Å². The Hall–Kier alpha value is -2.36. The van der Waals surface area contributed by atoms with Crippen LogP contribution in [0.2, 0.25) is 0 Å². The standard InChI is InChI=1S/C19H22N2O2/c1-4-17-16-12-14(9-10-18(16)20-19(17,3)5-2)13-7-6-8-15(11-13)21(22)23/h6-12,17,20H,4-5H2,1-3H3. The zero-order valence-corrected chi connectivity index (χ0v) is 13.8. The van der Waals surface area contributed by atoms with Gasteiger partial charge in [0.25, 0.3) is 5.69 Å². The fourth-order valence-electron chi connectivity index (χ4n) is 3.69. The Labute approximate surface area is 136 Å². The first-order valence-electron chi connectivity index (χ1n) is 8.15. The van der Waals surface area contributed by atoms with Crippen molar-refractivity contribution >= 4 is 11.4 Å². The lowest BCUT2D eigenvalue weighted by Gasteiger charge is -2.30. The summed E-state index contributed by atoms with van der Waals surface area (Å²) in [4.78, 5) is 10.6. The van der Waals surface area contributed by atoms with E-state index in [1.54, 1.807) is 12.1 Å². The summed E-state index contributed by atoms with van der Waals surface area (Å²) < 4.78 is 0. The molecule has 2 unspecified atom stereocenters. The van der Waals surface area contributed by atoms with Gasteiger partial charge in [-0.2, -0.15) is 0 Å². The van der Waals surface area contributed by atoms with Gasteiger partial charge in [0.1, 0.15) is 0 Å². The van der Waals surface area contributed by atoms with Crippen molar-refractivity contribution in [3.63, 3.8) is 0 Å². The van der Waals surface area contributed by atoms with E-state index < -0.39 is 0 Å². The highest BCUT2D eigenvalue weighted by molar-refractivity contribution is 5.73. The average Bonchev–Trinajstić information content (AvgIpc) is 2.86. The van der Waals surface area contributed by atoms with Gasteiger partial charge < -0.3 is 5.32 Å². The van der Waals surface area contributed by atoms with Gasteiger partial charge in [-0.05, 0) is 48.6 Å². The number of anilines is 1. The predicted octanol–water partition coefficient (Wildman–Crippen LogP) is 5.35. The lowest BCUT2D eigenvalue weighted by molar-refractivity contribution is -0.384. The topological polar surface area (TPSA) is 55.2 Å². The molecule has 4 heteroatoms. The van der Waals surface area contributed by atoms with Gasteiger partial charge in [0, 0.05) is 29.3 Å². The number of nitrogens with zero attached hydrogens (tertiary/aromatic N) is 1. The maximum atomic E-state index is 11.0. The number of non-ortho nitro benzene ring substituents is 1. The normalized spacial score (nSPS) is 22.5. The molecule has 1 aliphatic heterocycles. The third-order valence-electron chi connectivity index (χ3n) is 5.15. The molecule has 0 radical (unpaired) electrons. The maximum absolute atomic E-state index is 11.0. The highest BCUT2D eigenvalue weighted by Gasteiger charge is 2.39. The first-order valence-corrected chi connectivity index (χ1v) is 8.15. The number of nitro groups is 1. The van der Waals surface area contributed by atoms with E-state index in [1.165, 1.54) is 17.3 Å². The Morgan fingerprint density at radius 1 is 1.17 bits per heavy atom. The Morgan fingerprint density at radius 3 is 2.57 bits per heavy atom. The molecule has 1 heterocycles. The fraction of sp³-hybridized carbons (Fsp3) is 0.368. The second-order valence-electron chi connectivity index (χ2n) is 6.47. The molecule has 23 heavy (non-hydrogen) atoms. The largest absolute Gasteiger partial charge is 0.379 e. The summed E-state index contributed by atoms with van der Waals surface area (Å²) in [5.41, 5.74) is 4.65. The minimum Gasteiger partial charge on any atom is -0.379 e. The van der Waals surface area contributed by atoms with Crippen LogP contribution in [0.5, 0.6) is 0 Å². The third-order valence-corrected chi connectivity index (χ3v) is 5.15. The van der Waals surface area contributed by atoms with Crippen LogP contribution in [0.4, 0.5) is 11.4 Å². The monoisotopic (exact) mass is 310 g/mol. The molecule has 3 rings (SSSR count). The number of nitro benzene ring substituents is 1. The van der Waals surface area contributed by atoms with Gasteiger partial charge >= 0.3 is 0 Å². The van der Waals surface area contributed by atoms with Crippen molar-refractivity contribution in [3.8, 4) is 11.1 Å². The Bertz CT molecular complexity index is 757. The average molecular weight is 310 g/mol. The van der Waals surface area contributed by atoms with Crippen molar-refractivity contribution < 1.29 is 4.92 Å². The summed E-state index contributed by atoms with van der Waals surface area (Å²) in [6.07, 6.45) is 2.13. The van der Waals surface area contributed by atoms with Crippen LogP contribution in [0.3, 0.4) is 0 Å². The second kappa shape index (κ2) is 5.69. The Morgan fingerprint density at radius 2 is 1.91 bits per heavy atom. The zero-order valence-electron chi connectivity index (χ0n) is 13.8. The minimum atomic E-state index is -0.346. The number of hydrogen-bond donors (Lipinski definition) is 1. The molecular weight excluding hydrogens is 288 g/mol. The van der Waals surface area contributed by atoms with Crippen molar-refractivity contribution in [1.82, 2.24) is 0 Å². The van der Waals surface area contributed by atoms with E-state index in [4.69, 9.17) is 0 Å². The molecule has 0 saturated heterocycles. The first-order chi connectivity index (χ1) is 11.0. The molecule has 0 saturated carbocycles. The van der Waals surface area contributed by atoms with E-state index in [1.807, 2.05) is 12.1 Å². The summed E-state index contributed by atoms with van der Waals surface area (Å²) in [7, 11) is 0. The molecule has 0 aromatic heterocycles. The molecule has 2 aromatic rings. The molecule has 2 atom stereocenters. The van der Waals surface area contributed by atoms with Crippen LogP contribution in [0.15, 0.2) is 42.5 Å². The number of hydrogen-bond acceptors (Lipinski definition) is 3. The molecular formula is C19H22N2O2. The van der Waals surface area contributed by atoms with Crippen molar-refractivity contribution in [2.24, 2.45) is 0 Å². The van der Waals surface area contributed by atoms with E-state index in [0.29, 0.717) is 5.92 Å². The van der Waals surface area contributed by atoms with Crippen LogP contribution in [0, 0.1) is 10.1 Å². The molecule has 1 aliphatic rings. The van der Waals surface area contributed by atoms with Crippen molar-refractivity contribution in [1.29, 1.82) is 0 Å². The van der Waals surface area contributed by atoms with Gasteiger partial charge in [-0.1, -0.05) is 32.0 Å². The van der Waals surface area contributed by atoms with Crippen LogP contribution in [-0.2, 0) is 0 Å². The molecule has 120 valence electrons. The van der Waals surface area contributed by atoms with Gasteiger partial charge in [0.15, 0.2) is 0 Å². The van der Waals surface area contributed by atoms with Crippen molar-refractivity contribution in [2.75, 3.05) is 5.32 Å². The lowest BCUT2D eigenvalue weighted by Crippen LogP contribution is -2.34. The summed E-state index contributed by atoms with van der Waals surface area (Å²) in [6.45, 7) is 6.70. The number of rotatable bonds is 4. The highest BCUT2D eigenvalue weighted by Crippen LogP contribution is 2.47. The van der Waals surface area contributed by atoms with E-state index in [-0.39, 0.29) is 16.1 Å². The smallest absolute Gasteiger partial charge is 0.270 e. The van der Waals surface area contributed by atoms with Crippen LogP contribution >= 0.6 is 0 Å². The molecule has 0 amide bonds. The summed E-state index contributed by atoms with van der Waals surface area (Å²) in [5, 5.41) is 14.7. The van der Waals surface area contributed by atoms with Crippen molar-refractivity contribution in [2.45, 2.75) is 45.1 Å². The lowest BCUT2D eigenvalue weighted by atomic mass is 9.80. The molecule has 0 spiro atoms. The minimum absolute atomic E-state index is 0.0817. The highest BCUT2D eigenvalue weighted by atomic mass is 16.6. The Balaban J connectivity index is 2.05. The third kappa shape index (κ3) is 2.58. The predicted molar refractivity (Wildman–Crippen MR) is 93.9 cm³/mol. The van der Waals surface area contributed by atoms with E-state index in [2.05, 4.69) is 38.2 Å². The van der Waals surface area contributed by atoms with E-state index >= 15 is 0 Å². The van der Waals surface area contributed by atoms with Crippen LogP contribution in [0.25, 0.3) is 11.1 Å². The molecule has 4 nitrogen and oxygen atoms in total. The maximum Gasteiger partial charge on any atom is 0.270 e. The molecule has 0 bridgehead atoms. The van der Waals surface area contributed by atoms with Crippen LogP contribution in [0.1, 0.15) is 45.1 Å².